The molecule has 5 heteroatoms. The van der Waals surface area contributed by atoms with Crippen LogP contribution in [0.2, 0.25) is 19.6 Å². The van der Waals surface area contributed by atoms with Crippen molar-refractivity contribution < 1.29 is 33.7 Å². The first-order valence-electron chi connectivity index (χ1n) is 18.1. The summed E-state index contributed by atoms with van der Waals surface area (Å²) in [4.78, 5) is 0. The smallest absolute Gasteiger partial charge is 0.134 e. The van der Waals surface area contributed by atoms with Crippen molar-refractivity contribution in [2.75, 3.05) is 0 Å². The average Bonchev–Trinajstić information content (AvgIpc) is 3.42. The van der Waals surface area contributed by atoms with Crippen molar-refractivity contribution in [3.05, 3.63) is 164 Å². The molecule has 3 nitrogen and oxygen atoms in total. The average molecular weight is 893 g/mol. The van der Waals surface area contributed by atoms with Gasteiger partial charge in [-0.15, -0.1) is 34.9 Å². The fraction of sp³-hybridized carbons (Fsp3) is 0.208. The van der Waals surface area contributed by atoms with Crippen molar-refractivity contribution in [1.82, 2.24) is 0 Å². The molecule has 0 N–H and O–H groups in total. The predicted molar refractivity (Wildman–Crippen MR) is 223 cm³/mol. The zero-order chi connectivity index (χ0) is 37.6. The maximum absolute atomic E-state index is 6.30. The van der Waals surface area contributed by atoms with Crippen molar-refractivity contribution >= 4 is 35.2 Å². The van der Waals surface area contributed by atoms with E-state index in [9.17, 15) is 0 Å². The van der Waals surface area contributed by atoms with Crippen LogP contribution < -0.4 is 14.3 Å². The SMILES string of the molecule is [CH2-]c1cc2oc3cc(-c4c(C)cccc4C)ccc3c2cc1-c1cc(C(C)C)cc[n+]1[CH2-].[CH2-]c1cccc(C)c1-c1cc(C)c([Si](C)(C)C)c[n+]1[CH2-].[Ir]. The third-order valence-electron chi connectivity index (χ3n) is 10.3. The summed E-state index contributed by atoms with van der Waals surface area (Å²) in [5.41, 5.74) is 17.1. The van der Waals surface area contributed by atoms with Crippen LogP contribution in [0.15, 0.2) is 102 Å². The van der Waals surface area contributed by atoms with Gasteiger partial charge in [0.05, 0.1) is 37.4 Å². The first-order chi connectivity index (χ1) is 24.5. The summed E-state index contributed by atoms with van der Waals surface area (Å²) in [7, 11) is 7.06. The molecule has 4 aromatic carbocycles. The van der Waals surface area contributed by atoms with Crippen molar-refractivity contribution in [3.8, 4) is 33.6 Å². The Morgan fingerprint density at radius 1 is 0.623 bits per heavy atom. The zero-order valence-corrected chi connectivity index (χ0v) is 36.2. The molecule has 0 amide bonds. The van der Waals surface area contributed by atoms with E-state index in [4.69, 9.17) is 4.42 Å². The quantitative estimate of drug-likeness (QED) is 0.0958. The van der Waals surface area contributed by atoms with Crippen LogP contribution in [0.25, 0.3) is 55.6 Å². The Labute approximate surface area is 332 Å². The fourth-order valence-corrected chi connectivity index (χ4v) is 9.25. The van der Waals surface area contributed by atoms with Crippen LogP contribution >= 0.6 is 0 Å². The van der Waals surface area contributed by atoms with Crippen molar-refractivity contribution in [2.24, 2.45) is 0 Å². The van der Waals surface area contributed by atoms with Crippen molar-refractivity contribution in [2.45, 2.75) is 67.1 Å². The Kier molecular flexibility index (Phi) is 11.5. The number of fused-ring (bicyclic) bond motifs is 3. The second kappa shape index (κ2) is 15.4. The molecule has 53 heavy (non-hydrogen) atoms. The van der Waals surface area contributed by atoms with Gasteiger partial charge in [0.25, 0.3) is 0 Å². The van der Waals surface area contributed by atoms with Crippen LogP contribution in [0.5, 0.6) is 0 Å². The van der Waals surface area contributed by atoms with Crippen molar-refractivity contribution in [1.29, 1.82) is 0 Å². The Hall–Kier alpha value is -4.67. The van der Waals surface area contributed by atoms with Gasteiger partial charge in [-0.3, -0.25) is 0 Å². The Morgan fingerprint density at radius 2 is 1.25 bits per heavy atom. The second-order valence-electron chi connectivity index (χ2n) is 15.6. The maximum atomic E-state index is 6.30. The van der Waals surface area contributed by atoms with Crippen LogP contribution in [-0.4, -0.2) is 8.07 Å². The van der Waals surface area contributed by atoms with E-state index in [1.165, 1.54) is 49.7 Å². The van der Waals surface area contributed by atoms with E-state index in [1.807, 2.05) is 21.4 Å². The summed E-state index contributed by atoms with van der Waals surface area (Å²) >= 11 is 0. The number of hydrogen-bond donors (Lipinski definition) is 0. The number of furan rings is 1. The summed E-state index contributed by atoms with van der Waals surface area (Å²) in [6.45, 7) is 28.7. The van der Waals surface area contributed by atoms with Gasteiger partial charge in [-0.1, -0.05) is 105 Å². The van der Waals surface area contributed by atoms with E-state index >= 15 is 0 Å². The summed E-state index contributed by atoms with van der Waals surface area (Å²) < 4.78 is 10.2. The molecule has 1 radical (unpaired) electrons. The minimum absolute atomic E-state index is 0. The van der Waals surface area contributed by atoms with E-state index in [0.717, 1.165) is 50.0 Å². The number of aromatic nitrogens is 2. The van der Waals surface area contributed by atoms with Gasteiger partial charge in [0.2, 0.25) is 0 Å². The van der Waals surface area contributed by atoms with Gasteiger partial charge in [-0.05, 0) is 61.1 Å². The Balaban J connectivity index is 0.000000223. The Bertz CT molecular complexity index is 2430. The first-order valence-corrected chi connectivity index (χ1v) is 21.6. The van der Waals surface area contributed by atoms with E-state index in [1.54, 1.807) is 0 Å². The maximum Gasteiger partial charge on any atom is 0.134 e. The second-order valence-corrected chi connectivity index (χ2v) is 20.7. The number of aryl methyl sites for hydroxylation is 4. The summed E-state index contributed by atoms with van der Waals surface area (Å²) in [5.74, 6) is 0.449. The number of nitrogens with zero attached hydrogens (tertiary/aromatic N) is 2. The standard InChI is InChI=1S/C30H28NO.C18H24NSi.Ir/c1-18(2)22-12-13-31(6)27(15-22)25-17-26-24-11-10-23(30-19(3)8-7-9-20(30)4)16-29(24)32-28(26)14-21(25)5;1-13-9-8-10-14(2)18(13)16-11-15(3)17(12-19(16)4)20(5,6)7;/h7-18H,5-6H2,1-4H3;8-12H,1,4H2,2-3,5-7H3;/q2*-1;. The summed E-state index contributed by atoms with van der Waals surface area (Å²) in [6, 6.07) is 30.1. The largest absolute Gasteiger partial charge is 0.469 e. The van der Waals surface area contributed by atoms with E-state index in [-0.39, 0.29) is 20.1 Å². The third-order valence-corrected chi connectivity index (χ3v) is 12.4. The van der Waals surface area contributed by atoms with Crippen LogP contribution in [0, 0.1) is 55.6 Å². The van der Waals surface area contributed by atoms with Crippen molar-refractivity contribution in [3.63, 3.8) is 0 Å². The monoisotopic (exact) mass is 893 g/mol. The molecule has 0 saturated carbocycles. The van der Waals surface area contributed by atoms with Gasteiger partial charge in [0.15, 0.2) is 0 Å². The molecular weight excluding hydrogens is 841 g/mol. The molecule has 3 heterocycles. The molecule has 7 aromatic rings. The van der Waals surface area contributed by atoms with Crippen LogP contribution in [0.4, 0.5) is 0 Å². The molecule has 0 unspecified atom stereocenters. The first kappa shape index (κ1) is 39.5. The molecule has 7 rings (SSSR count). The molecule has 0 fully saturated rings. The molecule has 0 aliphatic carbocycles. The van der Waals surface area contributed by atoms with Gasteiger partial charge >= 0.3 is 0 Å². The molecule has 3 aromatic heterocycles. The van der Waals surface area contributed by atoms with E-state index < -0.39 is 8.07 Å². The molecule has 0 spiro atoms. The number of rotatable bonds is 5. The van der Waals surface area contributed by atoms with Crippen LogP contribution in [0.1, 0.15) is 58.7 Å². The molecule has 275 valence electrons. The topological polar surface area (TPSA) is 20.9 Å². The van der Waals surface area contributed by atoms with Gasteiger partial charge in [-0.2, -0.15) is 31.0 Å². The molecule has 0 aliphatic rings. The third kappa shape index (κ3) is 7.85. The van der Waals surface area contributed by atoms with Gasteiger partial charge in [0, 0.05) is 45.0 Å². The molecule has 0 aliphatic heterocycles. The zero-order valence-electron chi connectivity index (χ0n) is 32.8. The summed E-state index contributed by atoms with van der Waals surface area (Å²) in [6.07, 6.45) is 4.24. The summed E-state index contributed by atoms with van der Waals surface area (Å²) in [5, 5.41) is 3.69. The van der Waals surface area contributed by atoms with E-state index in [0.29, 0.717) is 5.92 Å². The molecule has 0 saturated heterocycles. The van der Waals surface area contributed by atoms with Gasteiger partial charge < -0.3 is 13.6 Å². The number of benzene rings is 4. The number of pyridine rings is 2. The molecule has 0 bridgehead atoms. The van der Waals surface area contributed by atoms with E-state index in [2.05, 4.69) is 174 Å². The van der Waals surface area contributed by atoms with Gasteiger partial charge in [-0.25, -0.2) is 0 Å². The van der Waals surface area contributed by atoms with Crippen LogP contribution in [-0.2, 0) is 20.1 Å². The fourth-order valence-electron chi connectivity index (χ4n) is 7.45. The molecule has 0 atom stereocenters. The Morgan fingerprint density at radius 3 is 1.87 bits per heavy atom. The van der Waals surface area contributed by atoms with Crippen LogP contribution in [0.3, 0.4) is 0 Å². The normalized spacial score (nSPS) is 11.4. The predicted octanol–water partition coefficient (Wildman–Crippen LogP) is 11.4. The van der Waals surface area contributed by atoms with Gasteiger partial charge in [0.1, 0.15) is 5.58 Å². The number of hydrogen-bond acceptors (Lipinski definition) is 1. The molecular formula is C48H52IrN2OSi-2. The minimum Gasteiger partial charge on any atom is -0.469 e. The minimum atomic E-state index is -1.34.